The third kappa shape index (κ3) is 3.96. The first kappa shape index (κ1) is 13.2. The van der Waals surface area contributed by atoms with Gasteiger partial charge in [0.05, 0.1) is 4.99 Å². The van der Waals surface area contributed by atoms with Crippen LogP contribution in [0.15, 0.2) is 0 Å². The summed E-state index contributed by atoms with van der Waals surface area (Å²) < 4.78 is 0. The van der Waals surface area contributed by atoms with Crippen molar-refractivity contribution in [3.63, 3.8) is 0 Å². The Morgan fingerprint density at radius 3 is 2.56 bits per heavy atom. The number of carbonyl (C=O) groups is 1. The standard InChI is InChI=1S/C11H21N3OS/c1-9-3-7-14(8-4-9)11(15)13(2)6-5-10(12)16/h9H,3-8H2,1-2H3,(H2,12,16). The quantitative estimate of drug-likeness (QED) is 0.763. The van der Waals surface area contributed by atoms with Crippen molar-refractivity contribution in [2.24, 2.45) is 11.7 Å². The second kappa shape index (κ2) is 6.03. The molecule has 92 valence electrons. The fraction of sp³-hybridized carbons (Fsp3) is 0.818. The molecular formula is C11H21N3OS. The minimum atomic E-state index is 0.100. The first-order valence-electron chi connectivity index (χ1n) is 5.79. The zero-order valence-corrected chi connectivity index (χ0v) is 10.9. The van der Waals surface area contributed by atoms with E-state index < -0.39 is 0 Å². The fourth-order valence-corrected chi connectivity index (χ4v) is 1.91. The molecule has 0 spiro atoms. The molecule has 1 aliphatic rings. The van der Waals surface area contributed by atoms with Gasteiger partial charge in [0.1, 0.15) is 0 Å². The molecule has 16 heavy (non-hydrogen) atoms. The highest BCUT2D eigenvalue weighted by atomic mass is 32.1. The number of piperidine rings is 1. The van der Waals surface area contributed by atoms with Crippen LogP contribution < -0.4 is 5.73 Å². The summed E-state index contributed by atoms with van der Waals surface area (Å²) in [5.74, 6) is 0.742. The summed E-state index contributed by atoms with van der Waals surface area (Å²) >= 11 is 4.80. The molecule has 0 aromatic carbocycles. The summed E-state index contributed by atoms with van der Waals surface area (Å²) in [5, 5.41) is 0. The SMILES string of the molecule is CC1CCN(C(=O)N(C)CCC(N)=S)CC1. The highest BCUT2D eigenvalue weighted by molar-refractivity contribution is 7.80. The van der Waals surface area contributed by atoms with Crippen molar-refractivity contribution in [2.75, 3.05) is 26.7 Å². The van der Waals surface area contributed by atoms with Crippen LogP contribution in [0.4, 0.5) is 4.79 Å². The van der Waals surface area contributed by atoms with Gasteiger partial charge in [0.25, 0.3) is 0 Å². The summed E-state index contributed by atoms with van der Waals surface area (Å²) in [4.78, 5) is 16.1. The second-order valence-electron chi connectivity index (χ2n) is 4.59. The van der Waals surface area contributed by atoms with Gasteiger partial charge in [0.15, 0.2) is 0 Å². The molecule has 2 amide bonds. The first-order chi connectivity index (χ1) is 7.50. The van der Waals surface area contributed by atoms with E-state index in [0.717, 1.165) is 31.8 Å². The van der Waals surface area contributed by atoms with Crippen molar-refractivity contribution in [3.05, 3.63) is 0 Å². The van der Waals surface area contributed by atoms with Crippen LogP contribution >= 0.6 is 12.2 Å². The highest BCUT2D eigenvalue weighted by Crippen LogP contribution is 2.16. The number of carbonyl (C=O) groups excluding carboxylic acids is 1. The van der Waals surface area contributed by atoms with Crippen molar-refractivity contribution in [1.29, 1.82) is 0 Å². The molecule has 1 heterocycles. The Balaban J connectivity index is 2.35. The van der Waals surface area contributed by atoms with Gasteiger partial charge in [-0.3, -0.25) is 0 Å². The molecule has 1 rings (SSSR count). The number of nitrogens with two attached hydrogens (primary N) is 1. The molecule has 1 saturated heterocycles. The Morgan fingerprint density at radius 1 is 1.50 bits per heavy atom. The maximum absolute atomic E-state index is 12.0. The van der Waals surface area contributed by atoms with Crippen molar-refractivity contribution >= 4 is 23.2 Å². The lowest BCUT2D eigenvalue weighted by Crippen LogP contribution is -2.45. The van der Waals surface area contributed by atoms with E-state index in [1.54, 1.807) is 11.9 Å². The van der Waals surface area contributed by atoms with Gasteiger partial charge >= 0.3 is 6.03 Å². The highest BCUT2D eigenvalue weighted by Gasteiger charge is 2.22. The predicted molar refractivity (Wildman–Crippen MR) is 69.4 cm³/mol. The third-order valence-corrected chi connectivity index (χ3v) is 3.28. The number of hydrogen-bond donors (Lipinski definition) is 1. The smallest absolute Gasteiger partial charge is 0.319 e. The van der Waals surface area contributed by atoms with E-state index >= 15 is 0 Å². The molecule has 0 saturated carbocycles. The van der Waals surface area contributed by atoms with Crippen LogP contribution in [-0.4, -0.2) is 47.5 Å². The van der Waals surface area contributed by atoms with E-state index in [1.165, 1.54) is 0 Å². The number of nitrogens with zero attached hydrogens (tertiary/aromatic N) is 2. The van der Waals surface area contributed by atoms with Gasteiger partial charge in [0, 0.05) is 33.1 Å². The second-order valence-corrected chi connectivity index (χ2v) is 5.11. The number of amides is 2. The predicted octanol–water partition coefficient (Wildman–Crippen LogP) is 1.45. The number of thiocarbonyl (C=S) groups is 1. The van der Waals surface area contributed by atoms with E-state index in [-0.39, 0.29) is 6.03 Å². The molecule has 4 nitrogen and oxygen atoms in total. The van der Waals surface area contributed by atoms with Gasteiger partial charge in [-0.15, -0.1) is 0 Å². The van der Waals surface area contributed by atoms with Crippen LogP contribution in [-0.2, 0) is 0 Å². The van der Waals surface area contributed by atoms with Gasteiger partial charge in [-0.25, -0.2) is 4.79 Å². The van der Waals surface area contributed by atoms with E-state index in [4.69, 9.17) is 18.0 Å². The topological polar surface area (TPSA) is 49.6 Å². The molecule has 0 bridgehead atoms. The molecule has 0 atom stereocenters. The average molecular weight is 243 g/mol. The Kier molecular flexibility index (Phi) is 4.99. The van der Waals surface area contributed by atoms with Crippen LogP contribution in [0.1, 0.15) is 26.2 Å². The van der Waals surface area contributed by atoms with E-state index in [0.29, 0.717) is 18.0 Å². The number of urea groups is 1. The Bertz CT molecular complexity index is 262. The molecular weight excluding hydrogens is 222 g/mol. The monoisotopic (exact) mass is 243 g/mol. The molecule has 5 heteroatoms. The fourth-order valence-electron chi connectivity index (χ4n) is 1.81. The van der Waals surface area contributed by atoms with Gasteiger partial charge in [0.2, 0.25) is 0 Å². The molecule has 0 radical (unpaired) electrons. The van der Waals surface area contributed by atoms with Crippen LogP contribution in [0.25, 0.3) is 0 Å². The molecule has 0 aliphatic carbocycles. The number of hydrogen-bond acceptors (Lipinski definition) is 2. The summed E-state index contributed by atoms with van der Waals surface area (Å²) in [6.07, 6.45) is 2.81. The van der Waals surface area contributed by atoms with Gasteiger partial charge in [-0.05, 0) is 18.8 Å². The lowest BCUT2D eigenvalue weighted by molar-refractivity contribution is 0.144. The molecule has 0 unspecified atom stereocenters. The first-order valence-corrected chi connectivity index (χ1v) is 6.20. The minimum absolute atomic E-state index is 0.100. The van der Waals surface area contributed by atoms with Crippen LogP contribution in [0.5, 0.6) is 0 Å². The van der Waals surface area contributed by atoms with Crippen LogP contribution in [0, 0.1) is 5.92 Å². The van der Waals surface area contributed by atoms with Crippen molar-refractivity contribution in [3.8, 4) is 0 Å². The lowest BCUT2D eigenvalue weighted by atomic mass is 10.00. The Morgan fingerprint density at radius 2 is 2.06 bits per heavy atom. The zero-order chi connectivity index (χ0) is 12.1. The molecule has 1 aliphatic heterocycles. The third-order valence-electron chi connectivity index (χ3n) is 3.07. The van der Waals surface area contributed by atoms with E-state index in [2.05, 4.69) is 6.92 Å². The summed E-state index contributed by atoms with van der Waals surface area (Å²) in [6, 6.07) is 0.100. The summed E-state index contributed by atoms with van der Waals surface area (Å²) in [5.41, 5.74) is 5.42. The average Bonchev–Trinajstić information content (AvgIpc) is 2.26. The number of likely N-dealkylation sites (tertiary alicyclic amines) is 1. The largest absolute Gasteiger partial charge is 0.393 e. The van der Waals surface area contributed by atoms with Gasteiger partial charge < -0.3 is 15.5 Å². The van der Waals surface area contributed by atoms with Crippen LogP contribution in [0.3, 0.4) is 0 Å². The molecule has 0 aromatic heterocycles. The van der Waals surface area contributed by atoms with Gasteiger partial charge in [-0.2, -0.15) is 0 Å². The van der Waals surface area contributed by atoms with Gasteiger partial charge in [-0.1, -0.05) is 19.1 Å². The van der Waals surface area contributed by atoms with Crippen molar-refractivity contribution in [2.45, 2.75) is 26.2 Å². The number of rotatable bonds is 3. The Hall–Kier alpha value is -0.840. The van der Waals surface area contributed by atoms with Crippen LogP contribution in [0.2, 0.25) is 0 Å². The maximum atomic E-state index is 12.0. The summed E-state index contributed by atoms with van der Waals surface area (Å²) in [7, 11) is 1.80. The normalized spacial score (nSPS) is 17.2. The maximum Gasteiger partial charge on any atom is 0.319 e. The van der Waals surface area contributed by atoms with E-state index in [1.807, 2.05) is 4.90 Å². The molecule has 0 aromatic rings. The summed E-state index contributed by atoms with van der Waals surface area (Å²) in [6.45, 7) is 4.59. The molecule has 2 N–H and O–H groups in total. The Labute approximate surface area is 103 Å². The lowest BCUT2D eigenvalue weighted by Gasteiger charge is -2.33. The van der Waals surface area contributed by atoms with E-state index in [9.17, 15) is 4.79 Å². The minimum Gasteiger partial charge on any atom is -0.393 e. The van der Waals surface area contributed by atoms with Crippen molar-refractivity contribution < 1.29 is 4.79 Å². The van der Waals surface area contributed by atoms with Crippen molar-refractivity contribution in [1.82, 2.24) is 9.80 Å². The molecule has 1 fully saturated rings. The zero-order valence-electron chi connectivity index (χ0n) is 10.1.